The van der Waals surface area contributed by atoms with Crippen LogP contribution >= 0.6 is 0 Å². The SMILES string of the molecule is O=C(NC1CCN(CC(=O)N2CCOCC2)CC1)c1ccccc1. The number of carbonyl (C=O) groups is 2. The molecule has 6 nitrogen and oxygen atoms in total. The molecule has 2 fully saturated rings. The number of morpholine rings is 1. The number of carbonyl (C=O) groups excluding carboxylic acids is 2. The Morgan fingerprint density at radius 1 is 1.04 bits per heavy atom. The average Bonchev–Trinajstić information content (AvgIpc) is 2.65. The summed E-state index contributed by atoms with van der Waals surface area (Å²) in [4.78, 5) is 28.5. The Morgan fingerprint density at radius 2 is 1.71 bits per heavy atom. The Kier molecular flexibility index (Phi) is 5.82. The molecule has 0 radical (unpaired) electrons. The van der Waals surface area contributed by atoms with E-state index in [1.807, 2.05) is 35.2 Å². The smallest absolute Gasteiger partial charge is 0.251 e. The van der Waals surface area contributed by atoms with Crippen molar-refractivity contribution in [3.05, 3.63) is 35.9 Å². The molecule has 0 saturated carbocycles. The van der Waals surface area contributed by atoms with E-state index in [2.05, 4.69) is 10.2 Å². The van der Waals surface area contributed by atoms with Crippen molar-refractivity contribution in [1.82, 2.24) is 15.1 Å². The van der Waals surface area contributed by atoms with E-state index in [4.69, 9.17) is 4.74 Å². The van der Waals surface area contributed by atoms with Crippen LogP contribution in [0.15, 0.2) is 30.3 Å². The largest absolute Gasteiger partial charge is 0.378 e. The summed E-state index contributed by atoms with van der Waals surface area (Å²) in [7, 11) is 0. The summed E-state index contributed by atoms with van der Waals surface area (Å²) in [5, 5.41) is 3.09. The fourth-order valence-corrected chi connectivity index (χ4v) is 3.20. The number of rotatable bonds is 4. The van der Waals surface area contributed by atoms with Crippen LogP contribution < -0.4 is 5.32 Å². The highest BCUT2D eigenvalue weighted by Gasteiger charge is 2.24. The Bertz CT molecular complexity index is 550. The monoisotopic (exact) mass is 331 g/mol. The van der Waals surface area contributed by atoms with Gasteiger partial charge in [-0.25, -0.2) is 0 Å². The van der Waals surface area contributed by atoms with Crippen LogP contribution in [0.3, 0.4) is 0 Å². The maximum absolute atomic E-state index is 12.3. The third kappa shape index (κ3) is 4.55. The Morgan fingerprint density at radius 3 is 2.38 bits per heavy atom. The maximum Gasteiger partial charge on any atom is 0.251 e. The molecule has 1 N–H and O–H groups in total. The number of ether oxygens (including phenoxy) is 1. The molecular weight excluding hydrogens is 306 g/mol. The van der Waals surface area contributed by atoms with Gasteiger partial charge in [0.1, 0.15) is 0 Å². The lowest BCUT2D eigenvalue weighted by Gasteiger charge is -2.34. The predicted molar refractivity (Wildman–Crippen MR) is 90.8 cm³/mol. The molecule has 1 aromatic rings. The first-order chi connectivity index (χ1) is 11.7. The van der Waals surface area contributed by atoms with Crippen molar-refractivity contribution in [2.24, 2.45) is 0 Å². The second-order valence-corrected chi connectivity index (χ2v) is 6.38. The number of benzene rings is 1. The molecule has 2 aliphatic rings. The molecule has 2 aliphatic heterocycles. The predicted octanol–water partition coefficient (Wildman–Crippen LogP) is 0.740. The summed E-state index contributed by atoms with van der Waals surface area (Å²) >= 11 is 0. The second kappa shape index (κ2) is 8.26. The minimum Gasteiger partial charge on any atom is -0.378 e. The number of nitrogens with zero attached hydrogens (tertiary/aromatic N) is 2. The molecule has 2 amide bonds. The van der Waals surface area contributed by atoms with Gasteiger partial charge in [-0.15, -0.1) is 0 Å². The van der Waals surface area contributed by atoms with Crippen LogP contribution in [0.4, 0.5) is 0 Å². The number of nitrogens with one attached hydrogen (secondary N) is 1. The lowest BCUT2D eigenvalue weighted by Crippen LogP contribution is -2.49. The van der Waals surface area contributed by atoms with E-state index in [0.29, 0.717) is 38.4 Å². The molecule has 0 aliphatic carbocycles. The summed E-state index contributed by atoms with van der Waals surface area (Å²) < 4.78 is 5.28. The van der Waals surface area contributed by atoms with Gasteiger partial charge in [0.25, 0.3) is 5.91 Å². The maximum atomic E-state index is 12.3. The topological polar surface area (TPSA) is 61.9 Å². The van der Waals surface area contributed by atoms with Crippen LogP contribution in [0.5, 0.6) is 0 Å². The molecule has 1 aromatic carbocycles. The van der Waals surface area contributed by atoms with Crippen LogP contribution in [-0.2, 0) is 9.53 Å². The summed E-state index contributed by atoms with van der Waals surface area (Å²) in [5.74, 6) is 0.170. The summed E-state index contributed by atoms with van der Waals surface area (Å²) in [5.41, 5.74) is 0.697. The van der Waals surface area contributed by atoms with Gasteiger partial charge in [-0.05, 0) is 25.0 Å². The van der Waals surface area contributed by atoms with Crippen molar-refractivity contribution in [3.8, 4) is 0 Å². The zero-order valence-electron chi connectivity index (χ0n) is 13.9. The molecule has 0 aromatic heterocycles. The molecule has 0 unspecified atom stereocenters. The minimum atomic E-state index is -0.0153. The van der Waals surface area contributed by atoms with E-state index in [1.165, 1.54) is 0 Å². The van der Waals surface area contributed by atoms with Gasteiger partial charge in [-0.2, -0.15) is 0 Å². The average molecular weight is 331 g/mol. The highest BCUT2D eigenvalue weighted by atomic mass is 16.5. The third-order valence-electron chi connectivity index (χ3n) is 4.68. The highest BCUT2D eigenvalue weighted by Crippen LogP contribution is 2.12. The van der Waals surface area contributed by atoms with Crippen molar-refractivity contribution >= 4 is 11.8 Å². The molecule has 0 spiro atoms. The van der Waals surface area contributed by atoms with Gasteiger partial charge in [0, 0.05) is 37.8 Å². The van der Waals surface area contributed by atoms with E-state index in [0.717, 1.165) is 25.9 Å². The Labute approximate surface area is 142 Å². The third-order valence-corrected chi connectivity index (χ3v) is 4.68. The number of hydrogen-bond acceptors (Lipinski definition) is 4. The van der Waals surface area contributed by atoms with Crippen LogP contribution in [0.25, 0.3) is 0 Å². The van der Waals surface area contributed by atoms with Gasteiger partial charge >= 0.3 is 0 Å². The van der Waals surface area contributed by atoms with Crippen molar-refractivity contribution < 1.29 is 14.3 Å². The summed E-state index contributed by atoms with van der Waals surface area (Å²) in [6.45, 7) is 4.83. The van der Waals surface area contributed by atoms with Crippen LogP contribution in [0, 0.1) is 0 Å². The molecule has 2 saturated heterocycles. The first kappa shape index (κ1) is 16.9. The normalized spacial score (nSPS) is 19.9. The van der Waals surface area contributed by atoms with E-state index in [1.54, 1.807) is 0 Å². The number of amides is 2. The molecule has 24 heavy (non-hydrogen) atoms. The van der Waals surface area contributed by atoms with Crippen LogP contribution in [0.1, 0.15) is 23.2 Å². The van der Waals surface area contributed by atoms with Gasteiger partial charge in [0.05, 0.1) is 19.8 Å². The standard InChI is InChI=1S/C18H25N3O3/c22-17(21-10-12-24-13-11-21)14-20-8-6-16(7-9-20)19-18(23)15-4-2-1-3-5-15/h1-5,16H,6-14H2,(H,19,23). The van der Waals surface area contributed by atoms with E-state index in [9.17, 15) is 9.59 Å². The second-order valence-electron chi connectivity index (χ2n) is 6.38. The minimum absolute atomic E-state index is 0.0153. The zero-order chi connectivity index (χ0) is 16.8. The molecule has 3 rings (SSSR count). The summed E-state index contributed by atoms with van der Waals surface area (Å²) in [6.07, 6.45) is 1.77. The molecule has 0 atom stereocenters. The lowest BCUT2D eigenvalue weighted by atomic mass is 10.0. The van der Waals surface area contributed by atoms with Crippen LogP contribution in [-0.4, -0.2) is 73.6 Å². The van der Waals surface area contributed by atoms with E-state index in [-0.39, 0.29) is 17.9 Å². The van der Waals surface area contributed by atoms with Gasteiger partial charge < -0.3 is 15.0 Å². The van der Waals surface area contributed by atoms with E-state index >= 15 is 0 Å². The molecule has 130 valence electrons. The number of piperidine rings is 1. The first-order valence-corrected chi connectivity index (χ1v) is 8.66. The van der Waals surface area contributed by atoms with Gasteiger partial charge in [0.2, 0.25) is 5.91 Å². The van der Waals surface area contributed by atoms with Crippen LogP contribution in [0.2, 0.25) is 0 Å². The molecule has 6 heteroatoms. The molecule has 0 bridgehead atoms. The van der Waals surface area contributed by atoms with Crippen molar-refractivity contribution in [3.63, 3.8) is 0 Å². The van der Waals surface area contributed by atoms with Crippen molar-refractivity contribution in [2.75, 3.05) is 45.9 Å². The highest BCUT2D eigenvalue weighted by molar-refractivity contribution is 5.94. The molecule has 2 heterocycles. The van der Waals surface area contributed by atoms with Gasteiger partial charge in [-0.1, -0.05) is 18.2 Å². The number of likely N-dealkylation sites (tertiary alicyclic amines) is 1. The number of hydrogen-bond donors (Lipinski definition) is 1. The Balaban J connectivity index is 1.41. The fourth-order valence-electron chi connectivity index (χ4n) is 3.20. The van der Waals surface area contributed by atoms with Gasteiger partial charge in [0.15, 0.2) is 0 Å². The summed E-state index contributed by atoms with van der Waals surface area (Å²) in [6, 6.07) is 9.48. The quantitative estimate of drug-likeness (QED) is 0.884. The molecular formula is C18H25N3O3. The van der Waals surface area contributed by atoms with Crippen molar-refractivity contribution in [1.29, 1.82) is 0 Å². The lowest BCUT2D eigenvalue weighted by molar-refractivity contribution is -0.136. The first-order valence-electron chi connectivity index (χ1n) is 8.66. The fraction of sp³-hybridized carbons (Fsp3) is 0.556. The zero-order valence-corrected chi connectivity index (χ0v) is 13.9. The van der Waals surface area contributed by atoms with Crippen molar-refractivity contribution in [2.45, 2.75) is 18.9 Å². The van der Waals surface area contributed by atoms with Gasteiger partial charge in [-0.3, -0.25) is 14.5 Å². The van der Waals surface area contributed by atoms with E-state index < -0.39 is 0 Å². The Hall–Kier alpha value is -1.92.